The van der Waals surface area contributed by atoms with E-state index in [1.165, 1.54) is 45.0 Å². The number of carbonyl (C=O) groups is 1. The Balaban J connectivity index is 1.60. The van der Waals surface area contributed by atoms with Crippen LogP contribution >= 0.6 is 0 Å². The number of amides is 1. The molecule has 0 aliphatic carbocycles. The molecule has 0 aromatic carbocycles. The monoisotopic (exact) mass is 303 g/mol. The van der Waals surface area contributed by atoms with E-state index in [0.717, 1.165) is 26.1 Å². The van der Waals surface area contributed by atoms with Gasteiger partial charge in [-0.25, -0.2) is 0 Å². The van der Waals surface area contributed by atoms with E-state index in [1.807, 2.05) is 4.90 Å². The second-order valence-electron chi connectivity index (χ2n) is 6.51. The second kappa shape index (κ2) is 7.09. The van der Waals surface area contributed by atoms with Crippen molar-refractivity contribution in [2.24, 2.45) is 5.92 Å². The van der Waals surface area contributed by atoms with Crippen molar-refractivity contribution in [2.45, 2.75) is 32.1 Å². The molecule has 2 aliphatic rings. The lowest BCUT2D eigenvalue weighted by molar-refractivity contribution is 0.0628. The van der Waals surface area contributed by atoms with Gasteiger partial charge in [0.15, 0.2) is 0 Å². The normalized spacial score (nSPS) is 23.5. The highest BCUT2D eigenvalue weighted by atomic mass is 16.3. The zero-order chi connectivity index (χ0) is 15.4. The Morgan fingerprint density at radius 2 is 2.05 bits per heavy atom. The summed E-state index contributed by atoms with van der Waals surface area (Å²) in [6.07, 6.45) is 9.11. The van der Waals surface area contributed by atoms with Crippen LogP contribution in [-0.4, -0.2) is 58.5 Å². The Kier molecular flexibility index (Phi) is 4.93. The number of hydrogen-bond donors (Lipinski definition) is 1. The number of pyridine rings is 1. The van der Waals surface area contributed by atoms with Crippen LogP contribution in [0.4, 0.5) is 0 Å². The van der Waals surface area contributed by atoms with Crippen molar-refractivity contribution >= 4 is 5.91 Å². The molecule has 3 rings (SSSR count). The summed E-state index contributed by atoms with van der Waals surface area (Å²) in [7, 11) is 0. The molecule has 22 heavy (non-hydrogen) atoms. The van der Waals surface area contributed by atoms with Crippen molar-refractivity contribution in [3.8, 4) is 5.75 Å². The first kappa shape index (κ1) is 15.3. The molecular weight excluding hydrogens is 278 g/mol. The Bertz CT molecular complexity index is 514. The molecule has 1 aromatic rings. The van der Waals surface area contributed by atoms with E-state index in [9.17, 15) is 9.90 Å². The molecule has 3 heterocycles. The highest BCUT2D eigenvalue weighted by Crippen LogP contribution is 2.23. The van der Waals surface area contributed by atoms with Crippen molar-refractivity contribution in [1.29, 1.82) is 0 Å². The summed E-state index contributed by atoms with van der Waals surface area (Å²) in [4.78, 5) is 20.9. The van der Waals surface area contributed by atoms with Crippen LogP contribution in [0.5, 0.6) is 5.75 Å². The van der Waals surface area contributed by atoms with Crippen molar-refractivity contribution in [3.05, 3.63) is 24.0 Å². The van der Waals surface area contributed by atoms with Crippen molar-refractivity contribution in [1.82, 2.24) is 14.8 Å². The summed E-state index contributed by atoms with van der Waals surface area (Å²) in [6, 6.07) is 1.60. The lowest BCUT2D eigenvalue weighted by Gasteiger charge is -2.37. The molecule has 5 heteroatoms. The fourth-order valence-electron chi connectivity index (χ4n) is 3.64. The molecule has 2 fully saturated rings. The third-order valence-corrected chi connectivity index (χ3v) is 4.80. The summed E-state index contributed by atoms with van der Waals surface area (Å²) in [6.45, 7) is 5.10. The number of rotatable bonds is 3. The predicted molar refractivity (Wildman–Crippen MR) is 84.8 cm³/mol. The maximum Gasteiger partial charge on any atom is 0.257 e. The van der Waals surface area contributed by atoms with Gasteiger partial charge in [0.1, 0.15) is 5.75 Å². The molecule has 0 radical (unpaired) electrons. The van der Waals surface area contributed by atoms with E-state index < -0.39 is 0 Å². The maximum atomic E-state index is 12.6. The molecule has 2 saturated heterocycles. The number of nitrogens with zero attached hydrogens (tertiary/aromatic N) is 3. The Morgan fingerprint density at radius 3 is 2.82 bits per heavy atom. The minimum absolute atomic E-state index is 0.0225. The fourth-order valence-corrected chi connectivity index (χ4v) is 3.64. The van der Waals surface area contributed by atoms with E-state index in [1.54, 1.807) is 12.3 Å². The van der Waals surface area contributed by atoms with Gasteiger partial charge in [-0.1, -0.05) is 6.42 Å². The summed E-state index contributed by atoms with van der Waals surface area (Å²) in [5, 5.41) is 9.82. The summed E-state index contributed by atoms with van der Waals surface area (Å²) < 4.78 is 0. The maximum absolute atomic E-state index is 12.6. The molecule has 0 spiro atoms. The number of aromatic nitrogens is 1. The standard InChI is InChI=1S/C17H25N3O2/c21-16-11-18-7-6-15(16)17(22)20-10-4-5-14(13-20)12-19-8-2-1-3-9-19/h6-7,11,14,21H,1-5,8-10,12-13H2/t14-/m1/s1. The second-order valence-corrected chi connectivity index (χ2v) is 6.51. The Hall–Kier alpha value is -1.62. The van der Waals surface area contributed by atoms with Crippen molar-refractivity contribution in [3.63, 3.8) is 0 Å². The quantitative estimate of drug-likeness (QED) is 0.929. The summed E-state index contributed by atoms with van der Waals surface area (Å²) in [5.74, 6) is 0.466. The van der Waals surface area contributed by atoms with Gasteiger partial charge < -0.3 is 14.9 Å². The third-order valence-electron chi connectivity index (χ3n) is 4.80. The van der Waals surface area contributed by atoms with Gasteiger partial charge in [0.05, 0.1) is 11.8 Å². The zero-order valence-corrected chi connectivity index (χ0v) is 13.1. The number of hydrogen-bond acceptors (Lipinski definition) is 4. The minimum atomic E-state index is -0.0664. The molecule has 0 unspecified atom stereocenters. The largest absolute Gasteiger partial charge is 0.505 e. The van der Waals surface area contributed by atoms with Crippen LogP contribution in [0.1, 0.15) is 42.5 Å². The van der Waals surface area contributed by atoms with E-state index in [-0.39, 0.29) is 11.7 Å². The first-order valence-electron chi connectivity index (χ1n) is 8.38. The van der Waals surface area contributed by atoms with Gasteiger partial charge in [-0.3, -0.25) is 9.78 Å². The lowest BCUT2D eigenvalue weighted by atomic mass is 9.96. The van der Waals surface area contributed by atoms with E-state index in [2.05, 4.69) is 9.88 Å². The molecule has 1 aromatic heterocycles. The highest BCUT2D eigenvalue weighted by molar-refractivity contribution is 5.96. The average molecular weight is 303 g/mol. The fraction of sp³-hybridized carbons (Fsp3) is 0.647. The van der Waals surface area contributed by atoms with Gasteiger partial charge in [-0.15, -0.1) is 0 Å². The van der Waals surface area contributed by atoms with Crippen LogP contribution in [-0.2, 0) is 0 Å². The topological polar surface area (TPSA) is 56.7 Å². The zero-order valence-electron chi connectivity index (χ0n) is 13.1. The van der Waals surface area contributed by atoms with Crippen LogP contribution in [0.3, 0.4) is 0 Å². The highest BCUT2D eigenvalue weighted by Gasteiger charge is 2.27. The van der Waals surface area contributed by atoms with E-state index in [4.69, 9.17) is 0 Å². The first-order valence-corrected chi connectivity index (χ1v) is 8.38. The van der Waals surface area contributed by atoms with E-state index in [0.29, 0.717) is 11.5 Å². The van der Waals surface area contributed by atoms with Gasteiger partial charge in [0.2, 0.25) is 0 Å². The van der Waals surface area contributed by atoms with Gasteiger partial charge in [0, 0.05) is 25.8 Å². The molecule has 0 saturated carbocycles. The van der Waals surface area contributed by atoms with Crippen LogP contribution < -0.4 is 0 Å². The molecular formula is C17H25N3O2. The van der Waals surface area contributed by atoms with Crippen molar-refractivity contribution < 1.29 is 9.90 Å². The molecule has 120 valence electrons. The number of piperidine rings is 2. The molecule has 1 N–H and O–H groups in total. The number of aromatic hydroxyl groups is 1. The lowest BCUT2D eigenvalue weighted by Crippen LogP contribution is -2.44. The molecule has 1 atom stereocenters. The van der Waals surface area contributed by atoms with Gasteiger partial charge in [-0.2, -0.15) is 0 Å². The molecule has 0 bridgehead atoms. The summed E-state index contributed by atoms with van der Waals surface area (Å²) >= 11 is 0. The molecule has 1 amide bonds. The third kappa shape index (κ3) is 3.58. The number of likely N-dealkylation sites (tertiary alicyclic amines) is 2. The molecule has 2 aliphatic heterocycles. The SMILES string of the molecule is O=C(c1ccncc1O)N1CCC[C@H](CN2CCCCC2)C1. The first-order chi connectivity index (χ1) is 10.7. The Labute approximate surface area is 131 Å². The average Bonchev–Trinajstić information content (AvgIpc) is 2.56. The number of carbonyl (C=O) groups excluding carboxylic acids is 1. The van der Waals surface area contributed by atoms with Gasteiger partial charge in [-0.05, 0) is 50.8 Å². The van der Waals surface area contributed by atoms with Gasteiger partial charge in [0.25, 0.3) is 5.91 Å². The van der Waals surface area contributed by atoms with Crippen molar-refractivity contribution in [2.75, 3.05) is 32.7 Å². The summed E-state index contributed by atoms with van der Waals surface area (Å²) in [5.41, 5.74) is 0.369. The van der Waals surface area contributed by atoms with Crippen LogP contribution in [0.15, 0.2) is 18.5 Å². The Morgan fingerprint density at radius 1 is 1.23 bits per heavy atom. The van der Waals surface area contributed by atoms with Gasteiger partial charge >= 0.3 is 0 Å². The predicted octanol–water partition coefficient (Wildman–Crippen LogP) is 2.13. The van der Waals surface area contributed by atoms with Crippen LogP contribution in [0.2, 0.25) is 0 Å². The van der Waals surface area contributed by atoms with Crippen LogP contribution in [0, 0.1) is 5.92 Å². The molecule has 5 nitrogen and oxygen atoms in total. The minimum Gasteiger partial charge on any atom is -0.505 e. The van der Waals surface area contributed by atoms with E-state index >= 15 is 0 Å². The van der Waals surface area contributed by atoms with Crippen LogP contribution in [0.25, 0.3) is 0 Å². The smallest absolute Gasteiger partial charge is 0.257 e.